The molecule has 5 atom stereocenters. The maximum absolute atomic E-state index is 11.7. The van der Waals surface area contributed by atoms with Crippen molar-refractivity contribution in [2.24, 2.45) is 0 Å². The first-order chi connectivity index (χ1) is 10.4. The Morgan fingerprint density at radius 2 is 1.77 bits per heavy atom. The van der Waals surface area contributed by atoms with Crippen LogP contribution < -0.4 is 0 Å². The van der Waals surface area contributed by atoms with Gasteiger partial charge in [-0.1, -0.05) is 12.1 Å². The molecule has 7 heteroatoms. The second-order valence-corrected chi connectivity index (χ2v) is 5.04. The Morgan fingerprint density at radius 3 is 2.41 bits per heavy atom. The molecule has 0 bridgehead atoms. The van der Waals surface area contributed by atoms with Crippen LogP contribution in [0.2, 0.25) is 0 Å². The molecule has 1 aliphatic rings. The molecule has 0 aromatic heterocycles. The van der Waals surface area contributed by atoms with Gasteiger partial charge in [-0.25, -0.2) is 4.79 Å². The summed E-state index contributed by atoms with van der Waals surface area (Å²) in [4.78, 5) is 11.7. The molecule has 1 aliphatic heterocycles. The van der Waals surface area contributed by atoms with E-state index in [-0.39, 0.29) is 5.75 Å². The summed E-state index contributed by atoms with van der Waals surface area (Å²) in [5, 5.41) is 38.0. The van der Waals surface area contributed by atoms with Crippen molar-refractivity contribution in [3.05, 3.63) is 35.9 Å². The number of aliphatic hydroxyl groups is 3. The summed E-state index contributed by atoms with van der Waals surface area (Å²) in [7, 11) is 0. The smallest absolute Gasteiger partial charge is 0.333 e. The lowest BCUT2D eigenvalue weighted by atomic mass is 10.0. The van der Waals surface area contributed by atoms with E-state index in [1.54, 1.807) is 12.1 Å². The molecule has 22 heavy (non-hydrogen) atoms. The van der Waals surface area contributed by atoms with Gasteiger partial charge in [0, 0.05) is 6.08 Å². The number of ether oxygens (including phenoxy) is 2. The van der Waals surface area contributed by atoms with Crippen molar-refractivity contribution in [1.29, 1.82) is 0 Å². The van der Waals surface area contributed by atoms with Crippen LogP contribution in [-0.2, 0) is 14.3 Å². The highest BCUT2D eigenvalue weighted by molar-refractivity contribution is 5.87. The molecule has 2 rings (SSSR count). The SMILES string of the molecule is C[C@@H]1O[C@@H](OC(=O)/C=C/c2ccc(O)cc2)[C@H](O)[C@H](O)[C@@H]1O. The number of benzene rings is 1. The zero-order chi connectivity index (χ0) is 16.3. The Morgan fingerprint density at radius 1 is 1.14 bits per heavy atom. The van der Waals surface area contributed by atoms with E-state index in [4.69, 9.17) is 14.6 Å². The second-order valence-electron chi connectivity index (χ2n) is 5.04. The lowest BCUT2D eigenvalue weighted by molar-refractivity contribution is -0.283. The normalized spacial score (nSPS) is 32.1. The van der Waals surface area contributed by atoms with Crippen molar-refractivity contribution in [3.8, 4) is 5.75 Å². The number of carbonyl (C=O) groups excluding carboxylic acids is 1. The molecule has 0 radical (unpaired) electrons. The Kier molecular flexibility index (Phi) is 5.15. The highest BCUT2D eigenvalue weighted by Gasteiger charge is 2.43. The molecule has 7 nitrogen and oxygen atoms in total. The van der Waals surface area contributed by atoms with Gasteiger partial charge < -0.3 is 29.9 Å². The zero-order valence-electron chi connectivity index (χ0n) is 11.9. The summed E-state index contributed by atoms with van der Waals surface area (Å²) in [6.45, 7) is 1.49. The van der Waals surface area contributed by atoms with E-state index >= 15 is 0 Å². The topological polar surface area (TPSA) is 116 Å². The van der Waals surface area contributed by atoms with Crippen LogP contribution in [0.5, 0.6) is 5.75 Å². The van der Waals surface area contributed by atoms with Crippen LogP contribution in [0.3, 0.4) is 0 Å². The highest BCUT2D eigenvalue weighted by Crippen LogP contribution is 2.22. The minimum Gasteiger partial charge on any atom is -0.508 e. The van der Waals surface area contributed by atoms with E-state index in [9.17, 15) is 20.1 Å². The largest absolute Gasteiger partial charge is 0.508 e. The van der Waals surface area contributed by atoms with E-state index in [1.807, 2.05) is 0 Å². The lowest BCUT2D eigenvalue weighted by Gasteiger charge is -2.38. The molecule has 0 aliphatic carbocycles. The maximum atomic E-state index is 11.7. The van der Waals surface area contributed by atoms with Gasteiger partial charge in [-0.2, -0.15) is 0 Å². The standard InChI is InChI=1S/C15H18O7/c1-8-12(18)13(19)14(20)15(21-8)22-11(17)7-4-9-2-5-10(16)6-3-9/h2-8,12-16,18-20H,1H3/b7-4+/t8-,12+,13+,14+,15-/m0/s1. The predicted molar refractivity (Wildman–Crippen MR) is 75.6 cm³/mol. The summed E-state index contributed by atoms with van der Waals surface area (Å²) >= 11 is 0. The Bertz CT molecular complexity index is 539. The Labute approximate surface area is 127 Å². The third kappa shape index (κ3) is 3.83. The molecule has 0 unspecified atom stereocenters. The Balaban J connectivity index is 1.95. The maximum Gasteiger partial charge on any atom is 0.333 e. The fourth-order valence-electron chi connectivity index (χ4n) is 2.01. The summed E-state index contributed by atoms with van der Waals surface area (Å²) in [5.74, 6) is -0.659. The van der Waals surface area contributed by atoms with Crippen molar-refractivity contribution >= 4 is 12.0 Å². The van der Waals surface area contributed by atoms with E-state index in [0.717, 1.165) is 6.08 Å². The molecule has 1 saturated heterocycles. The van der Waals surface area contributed by atoms with Gasteiger partial charge in [-0.3, -0.25) is 0 Å². The molecule has 1 aromatic rings. The van der Waals surface area contributed by atoms with Gasteiger partial charge in [0.15, 0.2) is 0 Å². The van der Waals surface area contributed by atoms with E-state index in [2.05, 4.69) is 0 Å². The quantitative estimate of drug-likeness (QED) is 0.450. The summed E-state index contributed by atoms with van der Waals surface area (Å²) in [6.07, 6.45) is -3.78. The minimum absolute atomic E-state index is 0.111. The van der Waals surface area contributed by atoms with Crippen molar-refractivity contribution < 1.29 is 34.7 Å². The van der Waals surface area contributed by atoms with Gasteiger partial charge in [0.2, 0.25) is 6.29 Å². The van der Waals surface area contributed by atoms with Gasteiger partial charge in [-0.15, -0.1) is 0 Å². The highest BCUT2D eigenvalue weighted by atomic mass is 16.7. The van der Waals surface area contributed by atoms with Crippen LogP contribution in [0.4, 0.5) is 0 Å². The van der Waals surface area contributed by atoms with Crippen LogP contribution in [0, 0.1) is 0 Å². The Hall–Kier alpha value is -1.93. The van der Waals surface area contributed by atoms with E-state index in [1.165, 1.54) is 25.1 Å². The van der Waals surface area contributed by atoms with Crippen LogP contribution in [0.1, 0.15) is 12.5 Å². The first-order valence-corrected chi connectivity index (χ1v) is 6.76. The van der Waals surface area contributed by atoms with Crippen molar-refractivity contribution in [1.82, 2.24) is 0 Å². The second kappa shape index (κ2) is 6.89. The molecular formula is C15H18O7. The van der Waals surface area contributed by atoms with Gasteiger partial charge >= 0.3 is 5.97 Å². The molecule has 0 spiro atoms. The summed E-state index contributed by atoms with van der Waals surface area (Å²) < 4.78 is 10.1. The summed E-state index contributed by atoms with van der Waals surface area (Å²) in [5.41, 5.74) is 0.670. The van der Waals surface area contributed by atoms with E-state index in [0.29, 0.717) is 5.56 Å². The first-order valence-electron chi connectivity index (χ1n) is 6.76. The van der Waals surface area contributed by atoms with Gasteiger partial charge in [0.25, 0.3) is 0 Å². The minimum atomic E-state index is -1.53. The van der Waals surface area contributed by atoms with E-state index < -0.39 is 36.7 Å². The number of carbonyl (C=O) groups is 1. The van der Waals surface area contributed by atoms with Crippen LogP contribution >= 0.6 is 0 Å². The van der Waals surface area contributed by atoms with Gasteiger partial charge in [-0.05, 0) is 30.7 Å². The number of hydrogen-bond acceptors (Lipinski definition) is 7. The summed E-state index contributed by atoms with van der Waals surface area (Å²) in [6, 6.07) is 6.15. The van der Waals surface area contributed by atoms with Crippen LogP contribution in [0.15, 0.2) is 30.3 Å². The van der Waals surface area contributed by atoms with Crippen LogP contribution in [-0.4, -0.2) is 57.1 Å². The lowest BCUT2D eigenvalue weighted by Crippen LogP contribution is -2.57. The number of phenolic OH excluding ortho intramolecular Hbond substituents is 1. The average molecular weight is 310 g/mol. The third-order valence-corrected chi connectivity index (χ3v) is 3.35. The molecule has 1 heterocycles. The molecule has 1 aromatic carbocycles. The van der Waals surface area contributed by atoms with Crippen molar-refractivity contribution in [2.75, 3.05) is 0 Å². The fraction of sp³-hybridized carbons (Fsp3) is 0.400. The molecule has 0 saturated carbocycles. The molecular weight excluding hydrogens is 292 g/mol. The first kappa shape index (κ1) is 16.4. The molecule has 1 fully saturated rings. The molecule has 120 valence electrons. The number of aliphatic hydroxyl groups excluding tert-OH is 3. The average Bonchev–Trinajstić information content (AvgIpc) is 2.50. The van der Waals surface area contributed by atoms with Crippen LogP contribution in [0.25, 0.3) is 6.08 Å². The predicted octanol–water partition coefficient (Wildman–Crippen LogP) is -0.224. The monoisotopic (exact) mass is 310 g/mol. The van der Waals surface area contributed by atoms with Crippen molar-refractivity contribution in [2.45, 2.75) is 37.6 Å². The number of phenols is 1. The van der Waals surface area contributed by atoms with Crippen molar-refractivity contribution in [3.63, 3.8) is 0 Å². The zero-order valence-corrected chi connectivity index (χ0v) is 11.9. The molecule has 0 amide bonds. The number of hydrogen-bond donors (Lipinski definition) is 4. The van der Waals surface area contributed by atoms with Gasteiger partial charge in [0.05, 0.1) is 6.10 Å². The number of aromatic hydroxyl groups is 1. The third-order valence-electron chi connectivity index (χ3n) is 3.35. The number of rotatable bonds is 3. The fourth-order valence-corrected chi connectivity index (χ4v) is 2.01. The molecule has 4 N–H and O–H groups in total. The van der Waals surface area contributed by atoms with Gasteiger partial charge in [0.1, 0.15) is 24.1 Å². The number of esters is 1.